The molecule has 2 amide bonds. The summed E-state index contributed by atoms with van der Waals surface area (Å²) in [5.74, 6) is -0.173. The minimum Gasteiger partial charge on any atom is -0.397 e. The average molecular weight is 707 g/mol. The Kier molecular flexibility index (Phi) is 13.1. The van der Waals surface area contributed by atoms with E-state index in [4.69, 9.17) is 15.2 Å². The van der Waals surface area contributed by atoms with E-state index in [0.717, 1.165) is 59.3 Å². The zero-order chi connectivity index (χ0) is 36.3. The van der Waals surface area contributed by atoms with Crippen LogP contribution in [0.4, 0.5) is 11.4 Å². The number of anilines is 2. The summed E-state index contributed by atoms with van der Waals surface area (Å²) in [5, 5.41) is 25.3. The molecule has 10 nitrogen and oxygen atoms in total. The molecule has 0 aromatic heterocycles. The highest BCUT2D eigenvalue weighted by molar-refractivity contribution is 5.93. The molecule has 4 aromatic carbocycles. The molecule has 0 radical (unpaired) electrons. The fraction of sp³-hybridized carbons (Fsp3) is 0.381. The molecule has 6 rings (SSSR count). The van der Waals surface area contributed by atoms with Gasteiger partial charge < -0.3 is 36.1 Å². The minimum absolute atomic E-state index is 0.00791. The molecule has 0 unspecified atom stereocenters. The molecule has 6 N–H and O–H groups in total. The lowest BCUT2D eigenvalue weighted by Gasteiger charge is -2.38. The van der Waals surface area contributed by atoms with Crippen LogP contribution in [0.25, 0.3) is 11.1 Å². The number of nitrogens with zero attached hydrogens (tertiary/aromatic N) is 1. The molecule has 0 saturated carbocycles. The number of hydrogen-bond acceptors (Lipinski definition) is 8. The van der Waals surface area contributed by atoms with Crippen LogP contribution in [-0.4, -0.2) is 58.8 Å². The molecule has 52 heavy (non-hydrogen) atoms. The molecular formula is C42H50N4O6. The smallest absolute Gasteiger partial charge is 0.224 e. The van der Waals surface area contributed by atoms with Gasteiger partial charge in [0.1, 0.15) is 0 Å². The van der Waals surface area contributed by atoms with Crippen molar-refractivity contribution in [2.24, 2.45) is 0 Å². The van der Waals surface area contributed by atoms with Crippen molar-refractivity contribution in [1.82, 2.24) is 10.2 Å². The number of benzene rings is 4. The van der Waals surface area contributed by atoms with Gasteiger partial charge in [-0.2, -0.15) is 0 Å². The number of nitrogens with one attached hydrogen (secondary N) is 2. The standard InChI is InChI=1S/C42H50N4O6/c43-37-13-1-2-14-38(37)45-41(50)16-4-3-15-40(49)44-25-30-8-5-9-32(22-30)33-10-6-11-34(23-33)42-51-36(26-46-21-7-12-35(46)28-48)24-39(52-42)31-19-17-29(27-47)18-20-31/h1-2,5-6,8-11,13-14,17-20,22-23,35-36,39,42,47-48H,3-4,7,12,15-16,21,24-28,43H2,(H,44,49)(H,45,50)/t35-,36-,39+,42+/m0/s1. The van der Waals surface area contributed by atoms with E-state index in [0.29, 0.717) is 50.0 Å². The number of rotatable bonds is 15. The summed E-state index contributed by atoms with van der Waals surface area (Å²) in [6.07, 6.45) is 3.77. The van der Waals surface area contributed by atoms with E-state index >= 15 is 0 Å². The summed E-state index contributed by atoms with van der Waals surface area (Å²) in [4.78, 5) is 27.2. The molecule has 10 heteroatoms. The van der Waals surface area contributed by atoms with Gasteiger partial charge in [0.2, 0.25) is 11.8 Å². The van der Waals surface area contributed by atoms with E-state index < -0.39 is 6.29 Å². The van der Waals surface area contributed by atoms with Crippen LogP contribution >= 0.6 is 0 Å². The topological polar surface area (TPSA) is 146 Å². The Labute approximate surface area is 305 Å². The summed E-state index contributed by atoms with van der Waals surface area (Å²) in [6.45, 7) is 2.21. The molecule has 0 bridgehead atoms. The number of ether oxygens (including phenoxy) is 2. The van der Waals surface area contributed by atoms with Gasteiger partial charge in [-0.05, 0) is 84.3 Å². The van der Waals surface area contributed by atoms with Gasteiger partial charge in [0, 0.05) is 44.0 Å². The predicted molar refractivity (Wildman–Crippen MR) is 202 cm³/mol. The third kappa shape index (κ3) is 10.1. The van der Waals surface area contributed by atoms with Crippen LogP contribution in [0, 0.1) is 0 Å². The third-order valence-corrected chi connectivity index (χ3v) is 9.96. The SMILES string of the molecule is Nc1ccccc1NC(=O)CCCCC(=O)NCc1cccc(-c2cccc([C@@H]3O[C@H](CN4CCC[C@H]4CO)C[C@H](c4ccc(CO)cc4)O3)c2)c1. The lowest BCUT2D eigenvalue weighted by atomic mass is 9.98. The maximum atomic E-state index is 12.6. The number of nitrogens with two attached hydrogens (primary N) is 1. The minimum atomic E-state index is -0.582. The molecule has 0 aliphatic carbocycles. The number of unbranched alkanes of at least 4 members (excludes halogenated alkanes) is 1. The van der Waals surface area contributed by atoms with Gasteiger partial charge in [0.05, 0.1) is 36.8 Å². The molecule has 2 fully saturated rings. The summed E-state index contributed by atoms with van der Waals surface area (Å²) >= 11 is 0. The van der Waals surface area contributed by atoms with Crippen molar-refractivity contribution < 1.29 is 29.3 Å². The number of aliphatic hydroxyl groups excluding tert-OH is 2. The highest BCUT2D eigenvalue weighted by Crippen LogP contribution is 2.39. The van der Waals surface area contributed by atoms with Gasteiger partial charge in [-0.15, -0.1) is 0 Å². The van der Waals surface area contributed by atoms with Crippen molar-refractivity contribution in [3.8, 4) is 11.1 Å². The highest BCUT2D eigenvalue weighted by atomic mass is 16.7. The van der Waals surface area contributed by atoms with Crippen LogP contribution in [0.2, 0.25) is 0 Å². The number of para-hydroxylation sites is 2. The molecule has 0 spiro atoms. The fourth-order valence-corrected chi connectivity index (χ4v) is 7.05. The molecular weight excluding hydrogens is 656 g/mol. The Morgan fingerprint density at radius 1 is 0.808 bits per heavy atom. The zero-order valence-corrected chi connectivity index (χ0v) is 29.6. The average Bonchev–Trinajstić information content (AvgIpc) is 3.63. The zero-order valence-electron chi connectivity index (χ0n) is 29.6. The Morgan fingerprint density at radius 3 is 2.33 bits per heavy atom. The number of aliphatic hydroxyl groups is 2. The molecule has 2 saturated heterocycles. The maximum absolute atomic E-state index is 12.6. The van der Waals surface area contributed by atoms with E-state index in [2.05, 4.69) is 39.8 Å². The van der Waals surface area contributed by atoms with Crippen LogP contribution in [-0.2, 0) is 32.2 Å². The molecule has 2 aliphatic rings. The van der Waals surface area contributed by atoms with E-state index in [1.54, 1.807) is 12.1 Å². The van der Waals surface area contributed by atoms with E-state index in [-0.39, 0.29) is 43.3 Å². The molecule has 4 atom stereocenters. The molecule has 274 valence electrons. The van der Waals surface area contributed by atoms with Crippen LogP contribution in [0.1, 0.15) is 79.6 Å². The number of likely N-dealkylation sites (tertiary alicyclic amines) is 1. The lowest BCUT2D eigenvalue weighted by molar-refractivity contribution is -0.253. The second-order valence-corrected chi connectivity index (χ2v) is 13.8. The van der Waals surface area contributed by atoms with Crippen molar-refractivity contribution in [2.45, 2.75) is 82.6 Å². The molecule has 4 aromatic rings. The Morgan fingerprint density at radius 2 is 1.56 bits per heavy atom. The Bertz CT molecular complexity index is 1780. The van der Waals surface area contributed by atoms with E-state index in [1.807, 2.05) is 60.7 Å². The van der Waals surface area contributed by atoms with Gasteiger partial charge in [-0.1, -0.05) is 72.8 Å². The second kappa shape index (κ2) is 18.3. The first-order valence-corrected chi connectivity index (χ1v) is 18.3. The van der Waals surface area contributed by atoms with E-state index in [9.17, 15) is 19.8 Å². The van der Waals surface area contributed by atoms with Crippen LogP contribution in [0.3, 0.4) is 0 Å². The first kappa shape index (κ1) is 37.2. The molecule has 2 heterocycles. The number of hydrogen-bond donors (Lipinski definition) is 5. The Balaban J connectivity index is 1.05. The van der Waals surface area contributed by atoms with Gasteiger partial charge in [-0.25, -0.2) is 0 Å². The fourth-order valence-electron chi connectivity index (χ4n) is 7.05. The van der Waals surface area contributed by atoms with Crippen molar-refractivity contribution in [3.63, 3.8) is 0 Å². The summed E-state index contributed by atoms with van der Waals surface area (Å²) in [5.41, 5.74) is 12.9. The first-order valence-electron chi connectivity index (χ1n) is 18.3. The largest absolute Gasteiger partial charge is 0.397 e. The van der Waals surface area contributed by atoms with Crippen molar-refractivity contribution >= 4 is 23.2 Å². The number of carbonyl (C=O) groups excluding carboxylic acids is 2. The van der Waals surface area contributed by atoms with Crippen molar-refractivity contribution in [3.05, 3.63) is 119 Å². The van der Waals surface area contributed by atoms with Gasteiger partial charge >= 0.3 is 0 Å². The second-order valence-electron chi connectivity index (χ2n) is 13.8. The third-order valence-electron chi connectivity index (χ3n) is 9.96. The Hall–Kier alpha value is -4.58. The summed E-state index contributed by atoms with van der Waals surface area (Å²) < 4.78 is 13.2. The predicted octanol–water partition coefficient (Wildman–Crippen LogP) is 6.25. The summed E-state index contributed by atoms with van der Waals surface area (Å²) in [6, 6.07) is 31.5. The van der Waals surface area contributed by atoms with Gasteiger partial charge in [0.15, 0.2) is 6.29 Å². The number of amides is 2. The lowest BCUT2D eigenvalue weighted by Crippen LogP contribution is -2.42. The first-order chi connectivity index (χ1) is 25.4. The normalized spacial score (nSPS) is 20.4. The number of nitrogen functional groups attached to an aromatic ring is 1. The monoisotopic (exact) mass is 706 g/mol. The van der Waals surface area contributed by atoms with Gasteiger partial charge in [0.25, 0.3) is 0 Å². The van der Waals surface area contributed by atoms with Gasteiger partial charge in [-0.3, -0.25) is 14.5 Å². The van der Waals surface area contributed by atoms with Crippen LogP contribution < -0.4 is 16.4 Å². The highest BCUT2D eigenvalue weighted by Gasteiger charge is 2.35. The van der Waals surface area contributed by atoms with Crippen LogP contribution in [0.15, 0.2) is 97.1 Å². The molecule has 2 aliphatic heterocycles. The quantitative estimate of drug-likeness (QED) is 0.0721. The van der Waals surface area contributed by atoms with Crippen molar-refractivity contribution in [2.75, 3.05) is 30.7 Å². The van der Waals surface area contributed by atoms with E-state index in [1.165, 1.54) is 0 Å². The maximum Gasteiger partial charge on any atom is 0.224 e. The summed E-state index contributed by atoms with van der Waals surface area (Å²) in [7, 11) is 0. The van der Waals surface area contributed by atoms with Crippen molar-refractivity contribution in [1.29, 1.82) is 0 Å². The van der Waals surface area contributed by atoms with Crippen LogP contribution in [0.5, 0.6) is 0 Å². The number of carbonyl (C=O) groups is 2.